The Morgan fingerprint density at radius 1 is 1.12 bits per heavy atom. The molecule has 1 aromatic carbocycles. The fourth-order valence-corrected chi connectivity index (χ4v) is 1.54. The van der Waals surface area contributed by atoms with Crippen LogP contribution in [0.15, 0.2) is 27.8 Å². The van der Waals surface area contributed by atoms with Crippen LogP contribution < -0.4 is 16.4 Å². The van der Waals surface area contributed by atoms with Crippen LogP contribution in [-0.2, 0) is 6.54 Å². The molecular formula is C11H13N3O2. The average Bonchev–Trinajstić information content (AvgIpc) is 2.28. The van der Waals surface area contributed by atoms with Gasteiger partial charge in [-0.3, -0.25) is 9.59 Å². The van der Waals surface area contributed by atoms with E-state index in [0.29, 0.717) is 11.0 Å². The van der Waals surface area contributed by atoms with Crippen molar-refractivity contribution in [3.63, 3.8) is 0 Å². The number of aromatic amines is 2. The maximum absolute atomic E-state index is 11.1. The highest BCUT2D eigenvalue weighted by atomic mass is 16.2. The lowest BCUT2D eigenvalue weighted by Gasteiger charge is -2.03. The Bertz CT molecular complexity index is 612. The van der Waals surface area contributed by atoms with Crippen molar-refractivity contribution in [2.45, 2.75) is 13.5 Å². The minimum atomic E-state index is -0.619. The Kier molecular flexibility index (Phi) is 2.87. The number of H-pyrrole nitrogens is 2. The number of fused-ring (bicyclic) bond motifs is 1. The van der Waals surface area contributed by atoms with Crippen LogP contribution in [0.4, 0.5) is 0 Å². The van der Waals surface area contributed by atoms with Gasteiger partial charge in [-0.25, -0.2) is 0 Å². The first-order chi connectivity index (χ1) is 7.70. The lowest BCUT2D eigenvalue weighted by molar-refractivity contribution is 0.727. The first-order valence-electron chi connectivity index (χ1n) is 5.16. The molecule has 2 aromatic rings. The zero-order valence-electron chi connectivity index (χ0n) is 8.96. The molecule has 0 aliphatic heterocycles. The SMILES string of the molecule is CCNCc1ccc2[nH]c(=O)c(=O)[nH]c2c1. The van der Waals surface area contributed by atoms with Gasteiger partial charge >= 0.3 is 11.1 Å². The Balaban J connectivity index is 2.49. The standard InChI is InChI=1S/C11H13N3O2/c1-2-12-6-7-3-4-8-9(5-7)14-11(16)10(15)13-8/h3-5,12H,2,6H2,1H3,(H,13,15)(H,14,16). The molecule has 0 saturated heterocycles. The van der Waals surface area contributed by atoms with Gasteiger partial charge in [0.05, 0.1) is 11.0 Å². The van der Waals surface area contributed by atoms with Crippen LogP contribution in [-0.4, -0.2) is 16.5 Å². The molecule has 5 heteroatoms. The summed E-state index contributed by atoms with van der Waals surface area (Å²) in [5.41, 5.74) is 1.13. The third-order valence-corrected chi connectivity index (χ3v) is 2.37. The van der Waals surface area contributed by atoms with E-state index < -0.39 is 11.1 Å². The molecule has 2 rings (SSSR count). The summed E-state index contributed by atoms with van der Waals surface area (Å²) in [7, 11) is 0. The van der Waals surface area contributed by atoms with E-state index in [1.54, 1.807) is 6.07 Å². The van der Waals surface area contributed by atoms with Crippen LogP contribution >= 0.6 is 0 Å². The summed E-state index contributed by atoms with van der Waals surface area (Å²) in [6.45, 7) is 3.66. The van der Waals surface area contributed by atoms with Crippen molar-refractivity contribution in [2.75, 3.05) is 6.54 Å². The van der Waals surface area contributed by atoms with E-state index in [1.165, 1.54) is 0 Å². The van der Waals surface area contributed by atoms with E-state index in [1.807, 2.05) is 19.1 Å². The first-order valence-corrected chi connectivity index (χ1v) is 5.16. The van der Waals surface area contributed by atoms with E-state index in [4.69, 9.17) is 0 Å². The Labute approximate surface area is 91.5 Å². The highest BCUT2D eigenvalue weighted by molar-refractivity contribution is 5.74. The van der Waals surface area contributed by atoms with Crippen molar-refractivity contribution in [1.82, 2.24) is 15.3 Å². The summed E-state index contributed by atoms with van der Waals surface area (Å²) in [6, 6.07) is 5.56. The van der Waals surface area contributed by atoms with E-state index in [9.17, 15) is 9.59 Å². The minimum absolute atomic E-state index is 0.617. The normalized spacial score (nSPS) is 10.8. The molecule has 5 nitrogen and oxygen atoms in total. The lowest BCUT2D eigenvalue weighted by Crippen LogP contribution is -2.28. The van der Waals surface area contributed by atoms with Crippen LogP contribution in [0.5, 0.6) is 0 Å². The zero-order valence-corrected chi connectivity index (χ0v) is 8.96. The average molecular weight is 219 g/mol. The number of hydrogen-bond acceptors (Lipinski definition) is 3. The molecule has 1 heterocycles. The van der Waals surface area contributed by atoms with Gasteiger partial charge in [0.2, 0.25) is 0 Å². The van der Waals surface area contributed by atoms with Gasteiger partial charge in [-0.2, -0.15) is 0 Å². The monoisotopic (exact) mass is 219 g/mol. The molecule has 0 aliphatic carbocycles. The Hall–Kier alpha value is -1.88. The van der Waals surface area contributed by atoms with Gasteiger partial charge in [-0.05, 0) is 24.2 Å². The summed E-state index contributed by atoms with van der Waals surface area (Å²) in [4.78, 5) is 27.3. The maximum Gasteiger partial charge on any atom is 0.314 e. The van der Waals surface area contributed by atoms with Crippen LogP contribution in [0.3, 0.4) is 0 Å². The fourth-order valence-electron chi connectivity index (χ4n) is 1.54. The minimum Gasteiger partial charge on any atom is -0.316 e. The highest BCUT2D eigenvalue weighted by Gasteiger charge is 2.00. The van der Waals surface area contributed by atoms with Gasteiger partial charge in [0.25, 0.3) is 0 Å². The molecule has 0 amide bonds. The molecule has 0 radical (unpaired) electrons. The van der Waals surface area contributed by atoms with E-state index in [2.05, 4.69) is 15.3 Å². The Morgan fingerprint density at radius 2 is 1.81 bits per heavy atom. The molecule has 3 N–H and O–H groups in total. The van der Waals surface area contributed by atoms with Gasteiger partial charge in [-0.15, -0.1) is 0 Å². The number of aromatic nitrogens is 2. The summed E-state index contributed by atoms with van der Waals surface area (Å²) in [5.74, 6) is 0. The smallest absolute Gasteiger partial charge is 0.314 e. The third-order valence-electron chi connectivity index (χ3n) is 2.37. The van der Waals surface area contributed by atoms with Crippen molar-refractivity contribution >= 4 is 11.0 Å². The number of hydrogen-bond donors (Lipinski definition) is 3. The van der Waals surface area contributed by atoms with Crippen LogP contribution in [0.25, 0.3) is 11.0 Å². The second kappa shape index (κ2) is 4.32. The van der Waals surface area contributed by atoms with Crippen LogP contribution in [0.1, 0.15) is 12.5 Å². The second-order valence-corrected chi connectivity index (χ2v) is 3.57. The molecule has 0 bridgehead atoms. The molecular weight excluding hydrogens is 206 g/mol. The largest absolute Gasteiger partial charge is 0.316 e. The van der Waals surface area contributed by atoms with Crippen molar-refractivity contribution in [1.29, 1.82) is 0 Å². The molecule has 1 aromatic heterocycles. The van der Waals surface area contributed by atoms with E-state index in [-0.39, 0.29) is 0 Å². The Morgan fingerprint density at radius 3 is 2.50 bits per heavy atom. The first kappa shape index (κ1) is 10.6. The maximum atomic E-state index is 11.1. The third kappa shape index (κ3) is 2.04. The molecule has 0 unspecified atom stereocenters. The predicted octanol–water partition coefficient (Wildman–Crippen LogP) is 0.326. The molecule has 16 heavy (non-hydrogen) atoms. The highest BCUT2D eigenvalue weighted by Crippen LogP contribution is 2.08. The van der Waals surface area contributed by atoms with Gasteiger partial charge in [0.15, 0.2) is 0 Å². The lowest BCUT2D eigenvalue weighted by atomic mass is 10.2. The number of nitrogens with one attached hydrogen (secondary N) is 3. The second-order valence-electron chi connectivity index (χ2n) is 3.57. The summed E-state index contributed by atoms with van der Waals surface area (Å²) in [5, 5.41) is 3.19. The summed E-state index contributed by atoms with van der Waals surface area (Å²) >= 11 is 0. The predicted molar refractivity (Wildman–Crippen MR) is 62.6 cm³/mol. The molecule has 0 atom stereocenters. The van der Waals surface area contributed by atoms with Gasteiger partial charge in [-0.1, -0.05) is 13.0 Å². The van der Waals surface area contributed by atoms with Gasteiger partial charge < -0.3 is 15.3 Å². The molecule has 0 aliphatic rings. The summed E-state index contributed by atoms with van der Waals surface area (Å²) in [6.07, 6.45) is 0. The topological polar surface area (TPSA) is 77.8 Å². The van der Waals surface area contributed by atoms with Crippen molar-refractivity contribution < 1.29 is 0 Å². The zero-order chi connectivity index (χ0) is 11.5. The quantitative estimate of drug-likeness (QED) is 0.651. The summed E-state index contributed by atoms with van der Waals surface area (Å²) < 4.78 is 0. The van der Waals surface area contributed by atoms with Crippen molar-refractivity contribution in [2.24, 2.45) is 0 Å². The molecule has 0 fully saturated rings. The van der Waals surface area contributed by atoms with Crippen LogP contribution in [0.2, 0.25) is 0 Å². The molecule has 0 saturated carbocycles. The fraction of sp³-hybridized carbons (Fsp3) is 0.273. The van der Waals surface area contributed by atoms with E-state index in [0.717, 1.165) is 18.7 Å². The molecule has 84 valence electrons. The number of benzene rings is 1. The van der Waals surface area contributed by atoms with Crippen LogP contribution in [0, 0.1) is 0 Å². The van der Waals surface area contributed by atoms with Gasteiger partial charge in [0, 0.05) is 6.54 Å². The van der Waals surface area contributed by atoms with Crippen molar-refractivity contribution in [3.05, 3.63) is 44.5 Å². The molecule has 0 spiro atoms. The van der Waals surface area contributed by atoms with Gasteiger partial charge in [0.1, 0.15) is 0 Å². The van der Waals surface area contributed by atoms with Crippen molar-refractivity contribution in [3.8, 4) is 0 Å². The van der Waals surface area contributed by atoms with E-state index >= 15 is 0 Å². The number of rotatable bonds is 3.